The molecule has 0 aliphatic rings. The van der Waals surface area contributed by atoms with E-state index in [4.69, 9.17) is 16.2 Å². The average Bonchev–Trinajstić information content (AvgIpc) is 2.39. The van der Waals surface area contributed by atoms with Crippen LogP contribution in [0.2, 0.25) is 0 Å². The Bertz CT molecular complexity index is 566. The first-order chi connectivity index (χ1) is 10.0. The van der Waals surface area contributed by atoms with Crippen LogP contribution >= 0.6 is 0 Å². The molecule has 0 amide bonds. The highest BCUT2D eigenvalue weighted by Crippen LogP contribution is 2.11. The van der Waals surface area contributed by atoms with Crippen molar-refractivity contribution in [2.75, 3.05) is 31.7 Å². The predicted molar refractivity (Wildman–Crippen MR) is 81.7 cm³/mol. The molecule has 0 spiro atoms. The van der Waals surface area contributed by atoms with Crippen LogP contribution in [0.3, 0.4) is 0 Å². The van der Waals surface area contributed by atoms with E-state index >= 15 is 0 Å². The topological polar surface area (TPSA) is 103 Å². The van der Waals surface area contributed by atoms with Gasteiger partial charge >= 0.3 is 0 Å². The largest absolute Gasteiger partial charge is 0.492 e. The predicted octanol–water partition coefficient (Wildman–Crippen LogP) is 0.855. The molecule has 0 aliphatic heterocycles. The Labute approximate surface area is 124 Å². The van der Waals surface area contributed by atoms with Gasteiger partial charge in [0.1, 0.15) is 18.2 Å². The average molecular weight is 288 g/mol. The molecule has 1 aromatic heterocycles. The van der Waals surface area contributed by atoms with Gasteiger partial charge in [-0.2, -0.15) is 15.0 Å². The van der Waals surface area contributed by atoms with Gasteiger partial charge in [-0.25, -0.2) is 0 Å². The highest BCUT2D eigenvalue weighted by Gasteiger charge is 2.06. The van der Waals surface area contributed by atoms with Gasteiger partial charge in [-0.1, -0.05) is 17.7 Å². The molecule has 112 valence electrons. The molecule has 1 heterocycles. The maximum Gasteiger partial charge on any atom is 0.225 e. The van der Waals surface area contributed by atoms with E-state index in [2.05, 4.69) is 15.0 Å². The minimum absolute atomic E-state index is 0.141. The minimum Gasteiger partial charge on any atom is -0.492 e. The summed E-state index contributed by atoms with van der Waals surface area (Å²) in [6, 6.07) is 7.97. The normalized spacial score (nSPS) is 10.8. The van der Waals surface area contributed by atoms with Crippen molar-refractivity contribution in [1.29, 1.82) is 0 Å². The number of benzene rings is 1. The summed E-state index contributed by atoms with van der Waals surface area (Å²) in [5.41, 5.74) is 12.3. The number of aromatic nitrogens is 3. The lowest BCUT2D eigenvalue weighted by atomic mass is 10.2. The second-order valence-electron chi connectivity index (χ2n) is 4.87. The lowest BCUT2D eigenvalue weighted by Gasteiger charge is -2.16. The van der Waals surface area contributed by atoms with Crippen LogP contribution in [0, 0.1) is 6.92 Å². The molecule has 0 atom stereocenters. The van der Waals surface area contributed by atoms with Crippen molar-refractivity contribution < 1.29 is 4.74 Å². The third kappa shape index (κ3) is 4.88. The van der Waals surface area contributed by atoms with Crippen LogP contribution in [-0.4, -0.2) is 40.1 Å². The van der Waals surface area contributed by atoms with Crippen molar-refractivity contribution in [2.24, 2.45) is 0 Å². The fraction of sp³-hybridized carbons (Fsp3) is 0.357. The van der Waals surface area contributed by atoms with Crippen LogP contribution in [-0.2, 0) is 6.54 Å². The van der Waals surface area contributed by atoms with Crippen molar-refractivity contribution in [3.8, 4) is 5.75 Å². The molecule has 0 saturated heterocycles. The molecule has 0 bridgehead atoms. The van der Waals surface area contributed by atoms with E-state index in [0.717, 1.165) is 12.3 Å². The van der Waals surface area contributed by atoms with E-state index in [0.29, 0.717) is 19.0 Å². The van der Waals surface area contributed by atoms with Crippen LogP contribution in [0.4, 0.5) is 11.9 Å². The van der Waals surface area contributed by atoms with Gasteiger partial charge in [0, 0.05) is 6.54 Å². The van der Waals surface area contributed by atoms with Crippen molar-refractivity contribution in [1.82, 2.24) is 19.9 Å². The summed E-state index contributed by atoms with van der Waals surface area (Å²) in [6.45, 7) is 3.90. The summed E-state index contributed by atoms with van der Waals surface area (Å²) < 4.78 is 5.67. The van der Waals surface area contributed by atoms with Crippen molar-refractivity contribution in [3.05, 3.63) is 35.7 Å². The van der Waals surface area contributed by atoms with E-state index in [1.165, 1.54) is 5.56 Å². The molecule has 0 radical (unpaired) electrons. The quantitative estimate of drug-likeness (QED) is 0.812. The third-order valence-corrected chi connectivity index (χ3v) is 2.89. The zero-order valence-electron chi connectivity index (χ0n) is 12.3. The van der Waals surface area contributed by atoms with E-state index in [9.17, 15) is 0 Å². The Balaban J connectivity index is 1.79. The molecule has 0 aliphatic carbocycles. The smallest absolute Gasteiger partial charge is 0.225 e. The SMILES string of the molecule is Cc1ccc(OCCN(C)Cc2nc(N)nc(N)n2)cc1. The number of likely N-dealkylation sites (N-methyl/N-ethyl adjacent to an activating group) is 1. The van der Waals surface area contributed by atoms with Crippen LogP contribution in [0.25, 0.3) is 0 Å². The number of hydrogen-bond acceptors (Lipinski definition) is 7. The van der Waals surface area contributed by atoms with Gasteiger partial charge < -0.3 is 16.2 Å². The van der Waals surface area contributed by atoms with Gasteiger partial charge in [0.15, 0.2) is 0 Å². The van der Waals surface area contributed by atoms with E-state index in [1.807, 2.05) is 43.1 Å². The van der Waals surface area contributed by atoms with Crippen molar-refractivity contribution >= 4 is 11.9 Å². The van der Waals surface area contributed by atoms with Crippen LogP contribution < -0.4 is 16.2 Å². The number of nitrogens with two attached hydrogens (primary N) is 2. The molecule has 0 fully saturated rings. The molecule has 4 N–H and O–H groups in total. The van der Waals surface area contributed by atoms with Crippen molar-refractivity contribution in [2.45, 2.75) is 13.5 Å². The highest BCUT2D eigenvalue weighted by atomic mass is 16.5. The fourth-order valence-corrected chi connectivity index (χ4v) is 1.80. The lowest BCUT2D eigenvalue weighted by molar-refractivity contribution is 0.230. The number of anilines is 2. The fourth-order valence-electron chi connectivity index (χ4n) is 1.80. The standard InChI is InChI=1S/C14H20N6O/c1-10-3-5-11(6-4-10)21-8-7-20(2)9-12-17-13(15)19-14(16)18-12/h3-6H,7-9H2,1-2H3,(H4,15,16,17,18,19). The Morgan fingerprint density at radius 2 is 1.67 bits per heavy atom. The maximum atomic E-state index is 5.67. The number of aryl methyl sites for hydroxylation is 1. The molecule has 7 heteroatoms. The lowest BCUT2D eigenvalue weighted by Crippen LogP contribution is -2.25. The van der Waals surface area contributed by atoms with Gasteiger partial charge in [-0.15, -0.1) is 0 Å². The monoisotopic (exact) mass is 288 g/mol. The van der Waals surface area contributed by atoms with Gasteiger partial charge in [-0.05, 0) is 26.1 Å². The Morgan fingerprint density at radius 3 is 2.29 bits per heavy atom. The second-order valence-corrected chi connectivity index (χ2v) is 4.87. The van der Waals surface area contributed by atoms with Gasteiger partial charge in [0.25, 0.3) is 0 Å². The molecule has 2 aromatic rings. The minimum atomic E-state index is 0.141. The van der Waals surface area contributed by atoms with Gasteiger partial charge in [0.2, 0.25) is 11.9 Å². The molecule has 1 aromatic carbocycles. The first kappa shape index (κ1) is 15.0. The summed E-state index contributed by atoms with van der Waals surface area (Å²) in [5, 5.41) is 0. The first-order valence-corrected chi connectivity index (χ1v) is 6.67. The van der Waals surface area contributed by atoms with Crippen molar-refractivity contribution in [3.63, 3.8) is 0 Å². The van der Waals surface area contributed by atoms with Gasteiger partial charge in [0.05, 0.1) is 6.54 Å². The molecular weight excluding hydrogens is 268 g/mol. The Morgan fingerprint density at radius 1 is 1.05 bits per heavy atom. The number of nitrogen functional groups attached to an aromatic ring is 2. The summed E-state index contributed by atoms with van der Waals surface area (Å²) in [4.78, 5) is 13.9. The zero-order valence-corrected chi connectivity index (χ0v) is 12.3. The zero-order chi connectivity index (χ0) is 15.2. The summed E-state index contributed by atoms with van der Waals surface area (Å²) >= 11 is 0. The number of hydrogen-bond donors (Lipinski definition) is 2. The number of nitrogens with zero attached hydrogens (tertiary/aromatic N) is 4. The second kappa shape index (κ2) is 6.85. The highest BCUT2D eigenvalue weighted by molar-refractivity contribution is 5.26. The molecular formula is C14H20N6O. The molecule has 2 rings (SSSR count). The third-order valence-electron chi connectivity index (χ3n) is 2.89. The van der Waals surface area contributed by atoms with Crippen LogP contribution in [0.5, 0.6) is 5.75 Å². The molecule has 0 saturated carbocycles. The van der Waals surface area contributed by atoms with E-state index < -0.39 is 0 Å². The maximum absolute atomic E-state index is 5.67. The number of ether oxygens (including phenoxy) is 1. The molecule has 21 heavy (non-hydrogen) atoms. The molecule has 0 unspecified atom stereocenters. The summed E-state index contributed by atoms with van der Waals surface area (Å²) in [7, 11) is 1.95. The molecule has 7 nitrogen and oxygen atoms in total. The van der Waals surface area contributed by atoms with Crippen LogP contribution in [0.1, 0.15) is 11.4 Å². The number of rotatable bonds is 6. The summed E-state index contributed by atoms with van der Waals surface area (Å²) in [5.74, 6) is 1.70. The summed E-state index contributed by atoms with van der Waals surface area (Å²) in [6.07, 6.45) is 0. The van der Waals surface area contributed by atoms with E-state index in [-0.39, 0.29) is 11.9 Å². The first-order valence-electron chi connectivity index (χ1n) is 6.67. The Kier molecular flexibility index (Phi) is 4.89. The Hall–Kier alpha value is -2.41. The van der Waals surface area contributed by atoms with Crippen LogP contribution in [0.15, 0.2) is 24.3 Å². The van der Waals surface area contributed by atoms with E-state index in [1.54, 1.807) is 0 Å². The van der Waals surface area contributed by atoms with Gasteiger partial charge in [-0.3, -0.25) is 4.90 Å².